The van der Waals surface area contributed by atoms with Crippen LogP contribution in [0.15, 0.2) is 0 Å². The maximum Gasteiger partial charge on any atom is 0.407 e. The number of unbranched alkanes of at least 4 members (excludes halogenated alkanes) is 1. The molecule has 0 aliphatic heterocycles. The van der Waals surface area contributed by atoms with E-state index in [0.717, 1.165) is 6.42 Å². The Bertz CT molecular complexity index is 305. The first-order valence-corrected chi connectivity index (χ1v) is 9.13. The highest BCUT2D eigenvalue weighted by Gasteiger charge is 2.20. The Labute approximate surface area is 136 Å². The summed E-state index contributed by atoms with van der Waals surface area (Å²) >= 11 is 0. The minimum atomic E-state index is -0.433. The summed E-state index contributed by atoms with van der Waals surface area (Å²) in [6.45, 7) is 8.55. The summed E-state index contributed by atoms with van der Waals surface area (Å²) in [6.07, 6.45) is 11.1. The third kappa shape index (κ3) is 9.29. The van der Waals surface area contributed by atoms with Crippen molar-refractivity contribution in [2.45, 2.75) is 103 Å². The highest BCUT2D eigenvalue weighted by molar-refractivity contribution is 5.67. The van der Waals surface area contributed by atoms with Gasteiger partial charge in [0.15, 0.2) is 0 Å². The molecule has 0 aromatic rings. The number of carbonyl (C=O) groups is 1. The molecule has 1 saturated carbocycles. The lowest BCUT2D eigenvalue weighted by Crippen LogP contribution is -2.46. The molecule has 1 aliphatic carbocycles. The standard InChI is InChI=1S/C18H36N2O2/c1-5-6-11-16(14-19-17(21)22-18(2,3)4)20-15-12-9-7-8-10-13-15/h15-16,20H,5-14H2,1-4H3,(H,19,21). The van der Waals surface area contributed by atoms with Crippen LogP contribution in [-0.2, 0) is 4.74 Å². The molecule has 4 nitrogen and oxygen atoms in total. The third-order valence-corrected chi connectivity index (χ3v) is 4.12. The Morgan fingerprint density at radius 1 is 1.18 bits per heavy atom. The van der Waals surface area contributed by atoms with E-state index in [-0.39, 0.29) is 6.09 Å². The highest BCUT2D eigenvalue weighted by Crippen LogP contribution is 2.18. The van der Waals surface area contributed by atoms with Gasteiger partial charge in [0.25, 0.3) is 0 Å². The summed E-state index contributed by atoms with van der Waals surface area (Å²) in [4.78, 5) is 11.8. The SMILES string of the molecule is CCCCC(CNC(=O)OC(C)(C)C)NC1CCCCCC1. The molecule has 0 bridgehead atoms. The fourth-order valence-corrected chi connectivity index (χ4v) is 2.99. The molecule has 1 aliphatic rings. The molecule has 0 aromatic heterocycles. The summed E-state index contributed by atoms with van der Waals surface area (Å²) < 4.78 is 5.32. The van der Waals surface area contributed by atoms with Crippen LogP contribution in [0, 0.1) is 0 Å². The fraction of sp³-hybridized carbons (Fsp3) is 0.944. The number of ether oxygens (including phenoxy) is 1. The normalized spacial score (nSPS) is 18.5. The molecule has 1 unspecified atom stereocenters. The molecule has 0 aromatic carbocycles. The second-order valence-corrected chi connectivity index (χ2v) is 7.58. The largest absolute Gasteiger partial charge is 0.444 e. The molecule has 1 fully saturated rings. The molecule has 22 heavy (non-hydrogen) atoms. The van der Waals surface area contributed by atoms with Gasteiger partial charge in [0, 0.05) is 18.6 Å². The molecule has 1 amide bonds. The summed E-state index contributed by atoms with van der Waals surface area (Å²) in [6, 6.07) is 0.973. The van der Waals surface area contributed by atoms with Crippen molar-refractivity contribution >= 4 is 6.09 Å². The van der Waals surface area contributed by atoms with Crippen LogP contribution in [0.2, 0.25) is 0 Å². The van der Waals surface area contributed by atoms with E-state index >= 15 is 0 Å². The highest BCUT2D eigenvalue weighted by atomic mass is 16.6. The van der Waals surface area contributed by atoms with Crippen LogP contribution in [-0.4, -0.2) is 30.3 Å². The molecule has 130 valence electrons. The average molecular weight is 312 g/mol. The monoisotopic (exact) mass is 312 g/mol. The van der Waals surface area contributed by atoms with E-state index < -0.39 is 5.60 Å². The van der Waals surface area contributed by atoms with Gasteiger partial charge >= 0.3 is 6.09 Å². The quantitative estimate of drug-likeness (QED) is 0.686. The van der Waals surface area contributed by atoms with E-state index in [1.165, 1.54) is 51.4 Å². The number of carbonyl (C=O) groups excluding carboxylic acids is 1. The van der Waals surface area contributed by atoms with E-state index in [2.05, 4.69) is 17.6 Å². The zero-order valence-electron chi connectivity index (χ0n) is 15.0. The lowest BCUT2D eigenvalue weighted by molar-refractivity contribution is 0.0520. The van der Waals surface area contributed by atoms with E-state index in [1.807, 2.05) is 20.8 Å². The van der Waals surface area contributed by atoms with Crippen molar-refractivity contribution in [2.24, 2.45) is 0 Å². The minimum Gasteiger partial charge on any atom is -0.444 e. The van der Waals surface area contributed by atoms with Crippen LogP contribution in [0.3, 0.4) is 0 Å². The van der Waals surface area contributed by atoms with E-state index in [1.54, 1.807) is 0 Å². The van der Waals surface area contributed by atoms with Gasteiger partial charge in [-0.2, -0.15) is 0 Å². The smallest absolute Gasteiger partial charge is 0.407 e. The van der Waals surface area contributed by atoms with Crippen molar-refractivity contribution < 1.29 is 9.53 Å². The molecule has 1 rings (SSSR count). The first-order chi connectivity index (χ1) is 10.4. The number of hydrogen-bond acceptors (Lipinski definition) is 3. The number of nitrogens with one attached hydrogen (secondary N) is 2. The molecular weight excluding hydrogens is 276 g/mol. The van der Waals surface area contributed by atoms with Crippen molar-refractivity contribution in [3.05, 3.63) is 0 Å². The first kappa shape index (κ1) is 19.3. The number of alkyl carbamates (subject to hydrolysis) is 1. The van der Waals surface area contributed by atoms with Gasteiger partial charge in [-0.1, -0.05) is 45.4 Å². The fourth-order valence-electron chi connectivity index (χ4n) is 2.99. The van der Waals surface area contributed by atoms with Gasteiger partial charge in [-0.15, -0.1) is 0 Å². The van der Waals surface area contributed by atoms with Crippen LogP contribution in [0.4, 0.5) is 4.79 Å². The van der Waals surface area contributed by atoms with Crippen molar-refractivity contribution in [1.82, 2.24) is 10.6 Å². The lowest BCUT2D eigenvalue weighted by atomic mass is 10.0. The van der Waals surface area contributed by atoms with Gasteiger partial charge < -0.3 is 15.4 Å². The molecule has 0 saturated heterocycles. The second kappa shape index (κ2) is 10.1. The molecule has 0 radical (unpaired) electrons. The Hall–Kier alpha value is -0.770. The Morgan fingerprint density at radius 3 is 2.36 bits per heavy atom. The Morgan fingerprint density at radius 2 is 1.82 bits per heavy atom. The van der Waals surface area contributed by atoms with Crippen LogP contribution >= 0.6 is 0 Å². The van der Waals surface area contributed by atoms with Crippen molar-refractivity contribution in [1.29, 1.82) is 0 Å². The molecular formula is C18H36N2O2. The third-order valence-electron chi connectivity index (χ3n) is 4.12. The number of rotatable bonds is 7. The summed E-state index contributed by atoms with van der Waals surface area (Å²) in [5, 5.41) is 6.71. The van der Waals surface area contributed by atoms with Gasteiger partial charge in [-0.3, -0.25) is 0 Å². The van der Waals surface area contributed by atoms with Gasteiger partial charge in [-0.05, 0) is 40.0 Å². The molecule has 4 heteroatoms. The second-order valence-electron chi connectivity index (χ2n) is 7.58. The maximum atomic E-state index is 11.8. The van der Waals surface area contributed by atoms with Crippen LogP contribution in [0.5, 0.6) is 0 Å². The van der Waals surface area contributed by atoms with Crippen molar-refractivity contribution in [2.75, 3.05) is 6.54 Å². The zero-order chi connectivity index (χ0) is 16.4. The lowest BCUT2D eigenvalue weighted by Gasteiger charge is -2.26. The molecule has 0 spiro atoms. The maximum absolute atomic E-state index is 11.8. The Kier molecular flexibility index (Phi) is 8.84. The minimum absolute atomic E-state index is 0.309. The average Bonchev–Trinajstić information content (AvgIpc) is 2.68. The molecule has 0 heterocycles. The van der Waals surface area contributed by atoms with E-state index in [9.17, 15) is 4.79 Å². The molecule has 1 atom stereocenters. The van der Waals surface area contributed by atoms with E-state index in [0.29, 0.717) is 18.6 Å². The number of amides is 1. The van der Waals surface area contributed by atoms with Gasteiger partial charge in [-0.25, -0.2) is 4.79 Å². The molecule has 2 N–H and O–H groups in total. The van der Waals surface area contributed by atoms with Crippen LogP contribution in [0.25, 0.3) is 0 Å². The predicted octanol–water partition coefficient (Wildman–Crippen LogP) is 4.38. The van der Waals surface area contributed by atoms with Crippen molar-refractivity contribution in [3.8, 4) is 0 Å². The summed E-state index contributed by atoms with van der Waals surface area (Å²) in [5.74, 6) is 0. The zero-order valence-corrected chi connectivity index (χ0v) is 15.0. The number of hydrogen-bond donors (Lipinski definition) is 2. The Balaban J connectivity index is 2.40. The van der Waals surface area contributed by atoms with E-state index in [4.69, 9.17) is 4.74 Å². The van der Waals surface area contributed by atoms with Crippen LogP contribution in [0.1, 0.15) is 85.5 Å². The topological polar surface area (TPSA) is 50.4 Å². The van der Waals surface area contributed by atoms with Gasteiger partial charge in [0.2, 0.25) is 0 Å². The van der Waals surface area contributed by atoms with Gasteiger partial charge in [0.05, 0.1) is 0 Å². The summed E-state index contributed by atoms with van der Waals surface area (Å²) in [7, 11) is 0. The van der Waals surface area contributed by atoms with Crippen molar-refractivity contribution in [3.63, 3.8) is 0 Å². The van der Waals surface area contributed by atoms with Crippen LogP contribution < -0.4 is 10.6 Å². The predicted molar refractivity (Wildman–Crippen MR) is 92.2 cm³/mol. The first-order valence-electron chi connectivity index (χ1n) is 9.13. The summed E-state index contributed by atoms with van der Waals surface area (Å²) in [5.41, 5.74) is -0.433. The van der Waals surface area contributed by atoms with Gasteiger partial charge in [0.1, 0.15) is 5.60 Å².